The number of nitrogens with one attached hydrogen (secondary N) is 1. The number of hydrogen-bond acceptors (Lipinski definition) is 4. The third-order valence-corrected chi connectivity index (χ3v) is 5.27. The Morgan fingerprint density at radius 1 is 1.17 bits per heavy atom. The summed E-state index contributed by atoms with van der Waals surface area (Å²) in [6, 6.07) is 10.2. The average molecular weight is 456 g/mol. The highest BCUT2D eigenvalue weighted by atomic mass is 79.9. The van der Waals surface area contributed by atoms with Gasteiger partial charge in [0.1, 0.15) is 12.2 Å². The lowest BCUT2D eigenvalue weighted by Gasteiger charge is -2.15. The maximum absolute atomic E-state index is 13.0. The molecule has 0 aliphatic heterocycles. The van der Waals surface area contributed by atoms with Crippen molar-refractivity contribution < 1.29 is 9.59 Å². The van der Waals surface area contributed by atoms with Crippen molar-refractivity contribution in [1.82, 2.24) is 14.9 Å². The molecule has 0 fully saturated rings. The number of hydrogen-bond donors (Lipinski definition) is 1. The zero-order chi connectivity index (χ0) is 21.1. The quantitative estimate of drug-likeness (QED) is 0.575. The number of benzene rings is 1. The monoisotopic (exact) mass is 455 g/mol. The summed E-state index contributed by atoms with van der Waals surface area (Å²) in [4.78, 5) is 42.9. The van der Waals surface area contributed by atoms with Crippen molar-refractivity contribution in [1.29, 1.82) is 0 Å². The normalized spacial score (nSPS) is 12.0. The van der Waals surface area contributed by atoms with Gasteiger partial charge in [0.15, 0.2) is 5.78 Å². The van der Waals surface area contributed by atoms with E-state index in [4.69, 9.17) is 0 Å². The predicted molar refractivity (Wildman–Crippen MR) is 116 cm³/mol. The first kappa shape index (κ1) is 20.9. The second kappa shape index (κ2) is 8.69. The third kappa shape index (κ3) is 4.62. The summed E-state index contributed by atoms with van der Waals surface area (Å²) in [6.07, 6.45) is 2.25. The third-order valence-electron chi connectivity index (χ3n) is 4.75. The van der Waals surface area contributed by atoms with Crippen LogP contribution in [0.2, 0.25) is 0 Å². The van der Waals surface area contributed by atoms with Crippen LogP contribution < -0.4 is 10.7 Å². The molecule has 1 N–H and O–H groups in total. The maximum Gasteiger partial charge on any atom is 0.240 e. The van der Waals surface area contributed by atoms with E-state index < -0.39 is 0 Å². The van der Waals surface area contributed by atoms with Crippen LogP contribution in [-0.4, -0.2) is 27.3 Å². The molecule has 0 aliphatic carbocycles. The number of rotatable bonds is 6. The van der Waals surface area contributed by atoms with Crippen molar-refractivity contribution in [2.24, 2.45) is 0 Å². The van der Waals surface area contributed by atoms with Gasteiger partial charge in [-0.05, 0) is 56.7 Å². The topological polar surface area (TPSA) is 81.1 Å². The molecule has 0 unspecified atom stereocenters. The van der Waals surface area contributed by atoms with Gasteiger partial charge in [0.05, 0.1) is 10.9 Å². The van der Waals surface area contributed by atoms with Crippen LogP contribution in [0.25, 0.3) is 11.0 Å². The summed E-state index contributed by atoms with van der Waals surface area (Å²) >= 11 is 3.34. The first-order chi connectivity index (χ1) is 13.8. The Hall–Kier alpha value is -2.80. The van der Waals surface area contributed by atoms with Gasteiger partial charge >= 0.3 is 0 Å². The van der Waals surface area contributed by atoms with Crippen molar-refractivity contribution >= 4 is 38.7 Å². The largest absolute Gasteiger partial charge is 0.352 e. The Morgan fingerprint density at radius 3 is 2.52 bits per heavy atom. The Kier molecular flexibility index (Phi) is 6.27. The zero-order valence-corrected chi connectivity index (χ0v) is 18.1. The summed E-state index contributed by atoms with van der Waals surface area (Å²) in [5.41, 5.74) is 1.14. The second-order valence-corrected chi connectivity index (χ2v) is 7.95. The van der Waals surface area contributed by atoms with Gasteiger partial charge in [-0.3, -0.25) is 14.4 Å². The van der Waals surface area contributed by atoms with Crippen molar-refractivity contribution in [3.8, 4) is 0 Å². The SMILES string of the molecule is CC[C@H](C)NC(=O)Cn1cc(C(=O)c2ccc(Br)cc2)c(=O)c2ccc(C)nc21. The lowest BCUT2D eigenvalue weighted by atomic mass is 10.0. The standard InChI is InChI=1S/C22H22BrN3O3/c1-4-13(2)24-19(27)12-26-11-18(20(28)15-6-8-16(23)9-7-15)21(29)17-10-5-14(3)25-22(17)26/h5-11,13H,4,12H2,1-3H3,(H,24,27)/t13-/m0/s1. The summed E-state index contributed by atoms with van der Waals surface area (Å²) in [5.74, 6) is -0.587. The molecule has 1 atom stereocenters. The van der Waals surface area contributed by atoms with Crippen molar-refractivity contribution in [2.45, 2.75) is 39.8 Å². The van der Waals surface area contributed by atoms with E-state index in [9.17, 15) is 14.4 Å². The molecule has 0 aliphatic rings. The van der Waals surface area contributed by atoms with E-state index in [0.29, 0.717) is 16.6 Å². The van der Waals surface area contributed by atoms with Gasteiger partial charge in [-0.25, -0.2) is 4.98 Å². The van der Waals surface area contributed by atoms with E-state index in [1.54, 1.807) is 41.0 Å². The molecule has 0 bridgehead atoms. The fraction of sp³-hybridized carbons (Fsp3) is 0.273. The van der Waals surface area contributed by atoms with E-state index >= 15 is 0 Å². The molecule has 29 heavy (non-hydrogen) atoms. The van der Waals surface area contributed by atoms with Crippen LogP contribution >= 0.6 is 15.9 Å². The van der Waals surface area contributed by atoms with Crippen LogP contribution in [0, 0.1) is 6.92 Å². The molecule has 2 heterocycles. The van der Waals surface area contributed by atoms with Gasteiger partial charge in [0, 0.05) is 28.0 Å². The highest BCUT2D eigenvalue weighted by Gasteiger charge is 2.19. The second-order valence-electron chi connectivity index (χ2n) is 7.04. The van der Waals surface area contributed by atoms with Crippen LogP contribution in [0.1, 0.15) is 41.9 Å². The van der Waals surface area contributed by atoms with Crippen LogP contribution in [0.15, 0.2) is 51.9 Å². The molecule has 3 aromatic rings. The first-order valence-electron chi connectivity index (χ1n) is 9.40. The van der Waals surface area contributed by atoms with Crippen LogP contribution in [0.3, 0.4) is 0 Å². The highest BCUT2D eigenvalue weighted by molar-refractivity contribution is 9.10. The van der Waals surface area contributed by atoms with E-state index in [2.05, 4.69) is 26.2 Å². The minimum Gasteiger partial charge on any atom is -0.352 e. The fourth-order valence-electron chi connectivity index (χ4n) is 2.98. The summed E-state index contributed by atoms with van der Waals surface area (Å²) in [5, 5.41) is 3.22. The number of ketones is 1. The number of amides is 1. The molecule has 2 aromatic heterocycles. The molecule has 0 radical (unpaired) electrons. The number of pyridine rings is 2. The van der Waals surface area contributed by atoms with Crippen molar-refractivity contribution in [3.63, 3.8) is 0 Å². The van der Waals surface area contributed by atoms with Gasteiger partial charge < -0.3 is 9.88 Å². The number of aryl methyl sites for hydroxylation is 1. The van der Waals surface area contributed by atoms with E-state index in [1.807, 2.05) is 20.8 Å². The zero-order valence-electron chi connectivity index (χ0n) is 16.5. The smallest absolute Gasteiger partial charge is 0.240 e. The number of halogens is 1. The molecule has 150 valence electrons. The molecule has 1 aromatic carbocycles. The number of aromatic nitrogens is 2. The number of fused-ring (bicyclic) bond motifs is 1. The van der Waals surface area contributed by atoms with Crippen molar-refractivity contribution in [3.05, 3.63) is 74.1 Å². The summed E-state index contributed by atoms with van der Waals surface area (Å²) in [6.45, 7) is 5.69. The van der Waals surface area contributed by atoms with Crippen LogP contribution in [-0.2, 0) is 11.3 Å². The number of nitrogens with zero attached hydrogens (tertiary/aromatic N) is 2. The fourth-order valence-corrected chi connectivity index (χ4v) is 3.24. The Morgan fingerprint density at radius 2 is 1.86 bits per heavy atom. The summed E-state index contributed by atoms with van der Waals surface area (Å²) < 4.78 is 2.42. The van der Waals surface area contributed by atoms with E-state index in [-0.39, 0.29) is 35.3 Å². The lowest BCUT2D eigenvalue weighted by molar-refractivity contribution is -0.122. The molecule has 0 saturated heterocycles. The van der Waals surface area contributed by atoms with Gasteiger partial charge in [0.25, 0.3) is 0 Å². The first-order valence-corrected chi connectivity index (χ1v) is 10.2. The Bertz CT molecular complexity index is 1140. The van der Waals surface area contributed by atoms with Gasteiger partial charge in [-0.1, -0.05) is 22.9 Å². The molecule has 0 saturated carbocycles. The van der Waals surface area contributed by atoms with E-state index in [1.165, 1.54) is 6.20 Å². The lowest BCUT2D eigenvalue weighted by Crippen LogP contribution is -2.35. The average Bonchev–Trinajstić information content (AvgIpc) is 2.70. The Labute approximate surface area is 177 Å². The van der Waals surface area contributed by atoms with Crippen LogP contribution in [0.4, 0.5) is 0 Å². The summed E-state index contributed by atoms with van der Waals surface area (Å²) in [7, 11) is 0. The highest BCUT2D eigenvalue weighted by Crippen LogP contribution is 2.16. The molecule has 3 rings (SSSR count). The van der Waals surface area contributed by atoms with Gasteiger partial charge in [-0.2, -0.15) is 0 Å². The molecule has 1 amide bonds. The minimum atomic E-state index is -0.390. The Balaban J connectivity index is 2.11. The predicted octanol–water partition coefficient (Wildman–Crippen LogP) is 3.61. The minimum absolute atomic E-state index is 0.0156. The van der Waals surface area contributed by atoms with E-state index in [0.717, 1.165) is 16.6 Å². The van der Waals surface area contributed by atoms with Crippen LogP contribution in [0.5, 0.6) is 0 Å². The molecule has 6 nitrogen and oxygen atoms in total. The molecular weight excluding hydrogens is 434 g/mol. The number of carbonyl (C=O) groups excluding carboxylic acids is 2. The maximum atomic E-state index is 13.0. The van der Waals surface area contributed by atoms with Gasteiger partial charge in [0.2, 0.25) is 11.3 Å². The molecule has 0 spiro atoms. The molecular formula is C22H22BrN3O3. The number of carbonyl (C=O) groups is 2. The molecule has 7 heteroatoms. The van der Waals surface area contributed by atoms with Gasteiger partial charge in [-0.15, -0.1) is 0 Å². The van der Waals surface area contributed by atoms with Crippen molar-refractivity contribution in [2.75, 3.05) is 0 Å².